The molecule has 1 saturated carbocycles. The first kappa shape index (κ1) is 18.5. The Kier molecular flexibility index (Phi) is 5.48. The second kappa shape index (κ2) is 8.00. The second-order valence-corrected chi connectivity index (χ2v) is 8.52. The number of piperidine rings is 2. The summed E-state index contributed by atoms with van der Waals surface area (Å²) in [6.45, 7) is 4.60. The smallest absolute Gasteiger partial charge is 0.231 e. The van der Waals surface area contributed by atoms with Crippen LogP contribution in [0.15, 0.2) is 12.4 Å². The summed E-state index contributed by atoms with van der Waals surface area (Å²) in [4.78, 5) is 32.9. The maximum atomic E-state index is 13.1. The predicted molar refractivity (Wildman–Crippen MR) is 102 cm³/mol. The van der Waals surface area contributed by atoms with Gasteiger partial charge in [0.05, 0.1) is 6.54 Å². The van der Waals surface area contributed by atoms with Crippen LogP contribution in [0.25, 0.3) is 0 Å². The number of hydrogen-bond acceptors (Lipinski definition) is 4. The second-order valence-electron chi connectivity index (χ2n) is 8.52. The predicted octanol–water partition coefficient (Wildman–Crippen LogP) is 1.20. The normalized spacial score (nSPS) is 24.9. The standard InChI is InChI=1S/C20H31N5O2/c21-18(26)14-23-9-5-16(6-10-23)20(27)25-8-1-2-17(13-25)19-22-7-11-24(19)12-15-3-4-15/h7,11,15-17H,1-6,8-10,12-14H2,(H2,21,26)/t17-/m1/s1. The van der Waals surface area contributed by atoms with Gasteiger partial charge in [0.2, 0.25) is 11.8 Å². The minimum Gasteiger partial charge on any atom is -0.369 e. The van der Waals surface area contributed by atoms with E-state index in [-0.39, 0.29) is 11.8 Å². The van der Waals surface area contributed by atoms with Gasteiger partial charge in [-0.15, -0.1) is 0 Å². The zero-order chi connectivity index (χ0) is 18.8. The average Bonchev–Trinajstić information content (AvgIpc) is 3.36. The fourth-order valence-electron chi connectivity index (χ4n) is 4.62. The van der Waals surface area contributed by atoms with Crippen molar-refractivity contribution in [1.82, 2.24) is 19.4 Å². The number of likely N-dealkylation sites (tertiary alicyclic amines) is 2. The molecule has 2 N–H and O–H groups in total. The molecule has 1 aromatic rings. The van der Waals surface area contributed by atoms with Gasteiger partial charge in [-0.1, -0.05) is 0 Å². The van der Waals surface area contributed by atoms with Gasteiger partial charge in [-0.3, -0.25) is 14.5 Å². The first-order valence-electron chi connectivity index (χ1n) is 10.4. The number of carbonyl (C=O) groups excluding carboxylic acids is 2. The van der Waals surface area contributed by atoms with E-state index in [1.54, 1.807) is 0 Å². The zero-order valence-corrected chi connectivity index (χ0v) is 16.1. The molecule has 27 heavy (non-hydrogen) atoms. The summed E-state index contributed by atoms with van der Waals surface area (Å²) < 4.78 is 2.32. The van der Waals surface area contributed by atoms with Gasteiger partial charge < -0.3 is 15.2 Å². The molecule has 0 aromatic carbocycles. The highest BCUT2D eigenvalue weighted by Gasteiger charge is 2.33. The Hall–Kier alpha value is -1.89. The SMILES string of the molecule is NC(=O)CN1CCC(C(=O)N2CCC[C@@H](c3nccn3CC3CC3)C2)CC1. The van der Waals surface area contributed by atoms with Crippen LogP contribution in [0.1, 0.15) is 50.3 Å². The van der Waals surface area contributed by atoms with Crippen LogP contribution in [-0.4, -0.2) is 63.9 Å². The van der Waals surface area contributed by atoms with Gasteiger partial charge in [0, 0.05) is 43.9 Å². The van der Waals surface area contributed by atoms with Gasteiger partial charge in [-0.25, -0.2) is 4.98 Å². The number of primary amides is 1. The molecule has 3 fully saturated rings. The van der Waals surface area contributed by atoms with E-state index >= 15 is 0 Å². The number of amides is 2. The van der Waals surface area contributed by atoms with Crippen LogP contribution >= 0.6 is 0 Å². The van der Waals surface area contributed by atoms with Crippen LogP contribution in [0, 0.1) is 11.8 Å². The number of carbonyl (C=O) groups is 2. The number of hydrogen-bond donors (Lipinski definition) is 1. The van der Waals surface area contributed by atoms with Gasteiger partial charge >= 0.3 is 0 Å². The quantitative estimate of drug-likeness (QED) is 0.812. The number of rotatable bonds is 6. The highest BCUT2D eigenvalue weighted by Crippen LogP contribution is 2.33. The van der Waals surface area contributed by atoms with Crippen molar-refractivity contribution in [2.75, 3.05) is 32.7 Å². The molecule has 1 atom stereocenters. The lowest BCUT2D eigenvalue weighted by Crippen LogP contribution is -2.47. The molecular weight excluding hydrogens is 342 g/mol. The summed E-state index contributed by atoms with van der Waals surface area (Å²) >= 11 is 0. The van der Waals surface area contributed by atoms with Crippen molar-refractivity contribution < 1.29 is 9.59 Å². The molecule has 4 rings (SSSR count). The maximum Gasteiger partial charge on any atom is 0.231 e. The Bertz CT molecular complexity index is 676. The molecule has 148 valence electrons. The minimum absolute atomic E-state index is 0.0825. The van der Waals surface area contributed by atoms with E-state index in [1.807, 2.05) is 6.20 Å². The molecule has 3 heterocycles. The lowest BCUT2D eigenvalue weighted by molar-refractivity contribution is -0.138. The fraction of sp³-hybridized carbons (Fsp3) is 0.750. The maximum absolute atomic E-state index is 13.1. The van der Waals surface area contributed by atoms with Crippen LogP contribution in [0.2, 0.25) is 0 Å². The topological polar surface area (TPSA) is 84.5 Å². The monoisotopic (exact) mass is 373 g/mol. The highest BCUT2D eigenvalue weighted by atomic mass is 16.2. The van der Waals surface area contributed by atoms with Crippen molar-refractivity contribution in [3.8, 4) is 0 Å². The van der Waals surface area contributed by atoms with E-state index in [4.69, 9.17) is 5.73 Å². The largest absolute Gasteiger partial charge is 0.369 e. The summed E-state index contributed by atoms with van der Waals surface area (Å²) in [6.07, 6.45) is 10.5. The van der Waals surface area contributed by atoms with Crippen LogP contribution in [0.5, 0.6) is 0 Å². The van der Waals surface area contributed by atoms with Crippen molar-refractivity contribution >= 4 is 11.8 Å². The molecule has 1 aliphatic carbocycles. The van der Waals surface area contributed by atoms with Crippen molar-refractivity contribution in [2.45, 2.75) is 51.0 Å². The van der Waals surface area contributed by atoms with Gasteiger partial charge in [-0.2, -0.15) is 0 Å². The van der Waals surface area contributed by atoms with Crippen molar-refractivity contribution in [1.29, 1.82) is 0 Å². The highest BCUT2D eigenvalue weighted by molar-refractivity contribution is 5.79. The molecular formula is C20H31N5O2. The summed E-state index contributed by atoms with van der Waals surface area (Å²) in [5.41, 5.74) is 5.28. The molecule has 0 unspecified atom stereocenters. The van der Waals surface area contributed by atoms with Crippen molar-refractivity contribution in [3.05, 3.63) is 18.2 Å². The van der Waals surface area contributed by atoms with E-state index in [0.717, 1.165) is 70.1 Å². The first-order valence-corrected chi connectivity index (χ1v) is 10.4. The lowest BCUT2D eigenvalue weighted by Gasteiger charge is -2.37. The first-order chi connectivity index (χ1) is 13.1. The lowest BCUT2D eigenvalue weighted by atomic mass is 9.92. The Morgan fingerprint density at radius 1 is 1.11 bits per heavy atom. The van der Waals surface area contributed by atoms with Gasteiger partial charge in [0.15, 0.2) is 0 Å². The van der Waals surface area contributed by atoms with E-state index < -0.39 is 0 Å². The molecule has 3 aliphatic rings. The number of aromatic nitrogens is 2. The molecule has 2 amide bonds. The third-order valence-corrected chi connectivity index (χ3v) is 6.31. The molecule has 7 heteroatoms. The van der Waals surface area contributed by atoms with Gasteiger partial charge in [-0.05, 0) is 57.5 Å². The van der Waals surface area contributed by atoms with Crippen LogP contribution in [-0.2, 0) is 16.1 Å². The summed E-state index contributed by atoms with van der Waals surface area (Å²) in [6, 6.07) is 0. The Balaban J connectivity index is 1.33. The van der Waals surface area contributed by atoms with E-state index in [1.165, 1.54) is 12.8 Å². The van der Waals surface area contributed by atoms with Crippen LogP contribution in [0.4, 0.5) is 0 Å². The average molecular weight is 374 g/mol. The van der Waals surface area contributed by atoms with Crippen LogP contribution in [0.3, 0.4) is 0 Å². The molecule has 0 radical (unpaired) electrons. The summed E-state index contributed by atoms with van der Waals surface area (Å²) in [7, 11) is 0. The molecule has 2 saturated heterocycles. The van der Waals surface area contributed by atoms with E-state index in [0.29, 0.717) is 18.4 Å². The Morgan fingerprint density at radius 2 is 1.89 bits per heavy atom. The van der Waals surface area contributed by atoms with Gasteiger partial charge in [0.1, 0.15) is 5.82 Å². The Labute approximate surface area is 160 Å². The minimum atomic E-state index is -0.291. The summed E-state index contributed by atoms with van der Waals surface area (Å²) in [5, 5.41) is 0. The number of nitrogens with zero attached hydrogens (tertiary/aromatic N) is 4. The van der Waals surface area contributed by atoms with E-state index in [2.05, 4.69) is 25.5 Å². The molecule has 2 aliphatic heterocycles. The molecule has 0 bridgehead atoms. The Morgan fingerprint density at radius 3 is 2.59 bits per heavy atom. The molecule has 1 aromatic heterocycles. The van der Waals surface area contributed by atoms with E-state index in [9.17, 15) is 9.59 Å². The van der Waals surface area contributed by atoms with Gasteiger partial charge in [0.25, 0.3) is 0 Å². The van der Waals surface area contributed by atoms with Crippen LogP contribution < -0.4 is 5.73 Å². The number of nitrogens with two attached hydrogens (primary N) is 1. The third kappa shape index (κ3) is 4.51. The zero-order valence-electron chi connectivity index (χ0n) is 16.1. The number of imidazole rings is 1. The van der Waals surface area contributed by atoms with Crippen molar-refractivity contribution in [3.63, 3.8) is 0 Å². The molecule has 0 spiro atoms. The summed E-state index contributed by atoms with van der Waals surface area (Å²) in [5.74, 6) is 2.42. The molecule has 7 nitrogen and oxygen atoms in total. The fourth-order valence-corrected chi connectivity index (χ4v) is 4.62. The third-order valence-electron chi connectivity index (χ3n) is 6.31. The van der Waals surface area contributed by atoms with Crippen molar-refractivity contribution in [2.24, 2.45) is 17.6 Å².